The van der Waals surface area contributed by atoms with Gasteiger partial charge in [0.05, 0.1) is 18.1 Å². The van der Waals surface area contributed by atoms with Crippen LogP contribution in [0, 0.1) is 0 Å². The van der Waals surface area contributed by atoms with E-state index < -0.39 is 0 Å². The molecule has 18 heavy (non-hydrogen) atoms. The third-order valence-corrected chi connectivity index (χ3v) is 3.15. The molecule has 0 amide bonds. The second kappa shape index (κ2) is 4.45. The molecular weight excluding hydrogens is 296 g/mol. The number of aromatic nitrogens is 4. The molecule has 3 rings (SSSR count). The standard InChI is InChI=1S/C12H11BrN4O/c1-16-8-9(7-14-16)18-12-10(6-13)17-5-3-2-4-11(17)15-12/h2-5,7-8H,6H2,1H3. The quantitative estimate of drug-likeness (QED) is 0.699. The monoisotopic (exact) mass is 306 g/mol. The van der Waals surface area contributed by atoms with Crippen LogP contribution in [0.15, 0.2) is 36.8 Å². The van der Waals surface area contributed by atoms with Crippen molar-refractivity contribution in [3.8, 4) is 11.6 Å². The molecule has 3 heterocycles. The number of nitrogens with zero attached hydrogens (tertiary/aromatic N) is 4. The lowest BCUT2D eigenvalue weighted by Crippen LogP contribution is -1.91. The molecule has 0 bridgehead atoms. The molecule has 0 saturated heterocycles. The van der Waals surface area contributed by atoms with Gasteiger partial charge < -0.3 is 4.74 Å². The van der Waals surface area contributed by atoms with E-state index in [-0.39, 0.29) is 0 Å². The van der Waals surface area contributed by atoms with Crippen LogP contribution in [0.1, 0.15) is 5.69 Å². The molecule has 0 atom stereocenters. The molecule has 5 nitrogen and oxygen atoms in total. The van der Waals surface area contributed by atoms with Gasteiger partial charge in [-0.2, -0.15) is 10.1 Å². The minimum absolute atomic E-state index is 0.603. The third-order valence-electron chi connectivity index (χ3n) is 2.61. The van der Waals surface area contributed by atoms with Gasteiger partial charge in [-0.3, -0.25) is 9.08 Å². The molecule has 0 aliphatic rings. The summed E-state index contributed by atoms with van der Waals surface area (Å²) in [4.78, 5) is 4.46. The topological polar surface area (TPSA) is 44.4 Å². The fourth-order valence-corrected chi connectivity index (χ4v) is 2.30. The van der Waals surface area contributed by atoms with Crippen molar-refractivity contribution in [1.29, 1.82) is 0 Å². The zero-order valence-corrected chi connectivity index (χ0v) is 11.3. The Balaban J connectivity index is 2.05. The van der Waals surface area contributed by atoms with Gasteiger partial charge in [0.25, 0.3) is 0 Å². The van der Waals surface area contributed by atoms with Crippen molar-refractivity contribution in [2.75, 3.05) is 0 Å². The lowest BCUT2D eigenvalue weighted by atomic mass is 10.4. The molecular formula is C12H11BrN4O. The number of hydrogen-bond acceptors (Lipinski definition) is 3. The van der Waals surface area contributed by atoms with Crippen LogP contribution in [0.5, 0.6) is 11.6 Å². The van der Waals surface area contributed by atoms with Gasteiger partial charge in [0.15, 0.2) is 5.75 Å². The average Bonchev–Trinajstić information content (AvgIpc) is 2.92. The third kappa shape index (κ3) is 1.88. The minimum Gasteiger partial charge on any atom is -0.434 e. The molecule has 0 aliphatic carbocycles. The van der Waals surface area contributed by atoms with E-state index >= 15 is 0 Å². The first-order valence-corrected chi connectivity index (χ1v) is 6.58. The summed E-state index contributed by atoms with van der Waals surface area (Å²) in [6.45, 7) is 0. The van der Waals surface area contributed by atoms with Crippen LogP contribution in [0.3, 0.4) is 0 Å². The fraction of sp³-hybridized carbons (Fsp3) is 0.167. The Labute approximate surface area is 112 Å². The van der Waals surface area contributed by atoms with Crippen LogP contribution in [-0.2, 0) is 12.4 Å². The van der Waals surface area contributed by atoms with E-state index in [1.165, 1.54) is 0 Å². The fourth-order valence-electron chi connectivity index (χ4n) is 1.79. The van der Waals surface area contributed by atoms with Gasteiger partial charge in [0, 0.05) is 18.6 Å². The Morgan fingerprint density at radius 1 is 1.39 bits per heavy atom. The van der Waals surface area contributed by atoms with E-state index in [4.69, 9.17) is 4.74 Å². The Hall–Kier alpha value is -1.82. The molecule has 0 spiro atoms. The molecule has 0 unspecified atom stereocenters. The van der Waals surface area contributed by atoms with Gasteiger partial charge >= 0.3 is 0 Å². The highest BCUT2D eigenvalue weighted by atomic mass is 79.9. The maximum absolute atomic E-state index is 5.76. The largest absolute Gasteiger partial charge is 0.434 e. The van der Waals surface area contributed by atoms with E-state index in [1.807, 2.05) is 42.0 Å². The SMILES string of the molecule is Cn1cc(Oc2nc3ccccn3c2CBr)cn1. The zero-order valence-electron chi connectivity index (χ0n) is 9.75. The number of rotatable bonds is 3. The van der Waals surface area contributed by atoms with Crippen molar-refractivity contribution in [2.24, 2.45) is 7.05 Å². The summed E-state index contributed by atoms with van der Waals surface area (Å²) >= 11 is 3.47. The molecule has 3 aromatic rings. The highest BCUT2D eigenvalue weighted by molar-refractivity contribution is 9.08. The molecule has 0 saturated carbocycles. The number of hydrogen-bond donors (Lipinski definition) is 0. The zero-order chi connectivity index (χ0) is 12.5. The average molecular weight is 307 g/mol. The van der Waals surface area contributed by atoms with Crippen LogP contribution in [0.4, 0.5) is 0 Å². The summed E-state index contributed by atoms with van der Waals surface area (Å²) < 4.78 is 9.45. The molecule has 92 valence electrons. The number of aryl methyl sites for hydroxylation is 1. The summed E-state index contributed by atoms with van der Waals surface area (Å²) in [5.41, 5.74) is 1.85. The smallest absolute Gasteiger partial charge is 0.242 e. The second-order valence-corrected chi connectivity index (χ2v) is 4.44. The Morgan fingerprint density at radius 3 is 3.00 bits per heavy atom. The predicted octanol–water partition coefficient (Wildman–Crippen LogP) is 2.76. The van der Waals surface area contributed by atoms with Crippen molar-refractivity contribution < 1.29 is 4.74 Å². The highest BCUT2D eigenvalue weighted by Gasteiger charge is 2.13. The lowest BCUT2D eigenvalue weighted by Gasteiger charge is -2.01. The summed E-state index contributed by atoms with van der Waals surface area (Å²) in [5.74, 6) is 1.29. The van der Waals surface area contributed by atoms with Gasteiger partial charge in [-0.1, -0.05) is 22.0 Å². The summed E-state index contributed by atoms with van der Waals surface area (Å²) in [6, 6.07) is 5.87. The second-order valence-electron chi connectivity index (χ2n) is 3.88. The van der Waals surface area contributed by atoms with Gasteiger partial charge in [0.1, 0.15) is 5.65 Å². The first kappa shape index (κ1) is 11.3. The molecule has 6 heteroatoms. The van der Waals surface area contributed by atoms with Crippen molar-refractivity contribution in [3.63, 3.8) is 0 Å². The first-order chi connectivity index (χ1) is 8.78. The molecule has 0 radical (unpaired) electrons. The van der Waals surface area contributed by atoms with Crippen molar-refractivity contribution in [2.45, 2.75) is 5.33 Å². The van der Waals surface area contributed by atoms with Gasteiger partial charge in [-0.25, -0.2) is 0 Å². The van der Waals surface area contributed by atoms with E-state index in [0.29, 0.717) is 17.0 Å². The number of halogens is 1. The molecule has 0 aromatic carbocycles. The van der Waals surface area contributed by atoms with Crippen LogP contribution < -0.4 is 4.74 Å². The van der Waals surface area contributed by atoms with E-state index in [1.54, 1.807) is 10.9 Å². The predicted molar refractivity (Wildman–Crippen MR) is 71.1 cm³/mol. The number of fused-ring (bicyclic) bond motifs is 1. The summed E-state index contributed by atoms with van der Waals surface area (Å²) in [7, 11) is 1.85. The van der Waals surface area contributed by atoms with Crippen molar-refractivity contribution >= 4 is 21.6 Å². The maximum atomic E-state index is 5.76. The molecule has 0 N–H and O–H groups in total. The minimum atomic E-state index is 0.603. The van der Waals surface area contributed by atoms with Gasteiger partial charge in [-0.15, -0.1) is 0 Å². The lowest BCUT2D eigenvalue weighted by molar-refractivity contribution is 0.461. The highest BCUT2D eigenvalue weighted by Crippen LogP contribution is 2.26. The van der Waals surface area contributed by atoms with Gasteiger partial charge in [-0.05, 0) is 12.1 Å². The van der Waals surface area contributed by atoms with Crippen molar-refractivity contribution in [1.82, 2.24) is 19.2 Å². The van der Waals surface area contributed by atoms with Crippen LogP contribution in [0.2, 0.25) is 0 Å². The van der Waals surface area contributed by atoms with E-state index in [2.05, 4.69) is 26.0 Å². The normalized spacial score (nSPS) is 11.0. The molecule has 0 aliphatic heterocycles. The number of ether oxygens (including phenoxy) is 1. The van der Waals surface area contributed by atoms with Gasteiger partial charge in [0.2, 0.25) is 5.88 Å². The summed E-state index contributed by atoms with van der Waals surface area (Å²) in [6.07, 6.45) is 5.44. The Morgan fingerprint density at radius 2 is 2.28 bits per heavy atom. The Bertz CT molecular complexity index is 688. The van der Waals surface area contributed by atoms with Crippen LogP contribution in [0.25, 0.3) is 5.65 Å². The van der Waals surface area contributed by atoms with Crippen LogP contribution >= 0.6 is 15.9 Å². The molecule has 0 fully saturated rings. The number of pyridine rings is 1. The Kier molecular flexibility index (Phi) is 2.79. The number of alkyl halides is 1. The van der Waals surface area contributed by atoms with E-state index in [9.17, 15) is 0 Å². The first-order valence-electron chi connectivity index (χ1n) is 5.46. The number of imidazole rings is 1. The van der Waals surface area contributed by atoms with Crippen molar-refractivity contribution in [3.05, 3.63) is 42.5 Å². The van der Waals surface area contributed by atoms with E-state index in [0.717, 1.165) is 11.3 Å². The maximum Gasteiger partial charge on any atom is 0.242 e. The summed E-state index contributed by atoms with van der Waals surface area (Å²) in [5, 5.41) is 4.74. The molecule has 3 aromatic heterocycles. The van der Waals surface area contributed by atoms with Crippen LogP contribution in [-0.4, -0.2) is 19.2 Å².